The van der Waals surface area contributed by atoms with E-state index in [1.165, 1.54) is 0 Å². The first-order valence-electron chi connectivity index (χ1n) is 4.41. The van der Waals surface area contributed by atoms with Crippen molar-refractivity contribution in [1.82, 2.24) is 15.0 Å². The third-order valence-electron chi connectivity index (χ3n) is 1.69. The van der Waals surface area contributed by atoms with Gasteiger partial charge in [0.25, 0.3) is 0 Å². The summed E-state index contributed by atoms with van der Waals surface area (Å²) >= 11 is 7.34. The van der Waals surface area contributed by atoms with Gasteiger partial charge in [0.2, 0.25) is 11.2 Å². The third kappa shape index (κ3) is 3.31. The second-order valence-corrected chi connectivity index (χ2v) is 4.54. The van der Waals surface area contributed by atoms with E-state index >= 15 is 0 Å². The molecule has 0 spiro atoms. The maximum atomic E-state index is 5.74. The lowest BCUT2D eigenvalue weighted by Gasteiger charge is -2.07. The van der Waals surface area contributed by atoms with Crippen LogP contribution in [0.2, 0.25) is 5.28 Å². The van der Waals surface area contributed by atoms with Gasteiger partial charge in [-0.2, -0.15) is 15.0 Å². The molecular weight excluding hydrogens is 220 g/mol. The molecule has 1 rings (SSSR count). The van der Waals surface area contributed by atoms with E-state index in [1.54, 1.807) is 18.8 Å². The van der Waals surface area contributed by atoms with Crippen molar-refractivity contribution in [2.75, 3.05) is 12.4 Å². The number of halogens is 1. The highest BCUT2D eigenvalue weighted by atomic mass is 35.5. The average Bonchev–Trinajstić information content (AvgIpc) is 2.16. The average molecular weight is 233 g/mol. The maximum Gasteiger partial charge on any atom is 0.228 e. The predicted octanol–water partition coefficient (Wildman–Crippen LogP) is 2.46. The number of thioether (sulfide) groups is 1. The second-order valence-electron chi connectivity index (χ2n) is 2.80. The topological polar surface area (TPSA) is 50.7 Å². The van der Waals surface area contributed by atoms with Crippen LogP contribution in [0.3, 0.4) is 0 Å². The Labute approximate surface area is 92.9 Å². The highest BCUT2D eigenvalue weighted by Crippen LogP contribution is 2.22. The molecule has 0 saturated heterocycles. The van der Waals surface area contributed by atoms with Crippen LogP contribution < -0.4 is 5.32 Å². The summed E-state index contributed by atoms with van der Waals surface area (Å²) in [6, 6.07) is 0. The molecule has 78 valence electrons. The Balaban J connectivity index is 2.81. The zero-order chi connectivity index (χ0) is 10.6. The van der Waals surface area contributed by atoms with E-state index in [0.717, 1.165) is 6.42 Å². The van der Waals surface area contributed by atoms with Crippen LogP contribution in [0.15, 0.2) is 5.16 Å². The van der Waals surface area contributed by atoms with Crippen LogP contribution in [0.1, 0.15) is 20.3 Å². The molecule has 0 aliphatic carbocycles. The minimum absolute atomic E-state index is 0.232. The molecule has 1 N–H and O–H groups in total. The summed E-state index contributed by atoms with van der Waals surface area (Å²) in [5.41, 5.74) is 0. The van der Waals surface area contributed by atoms with Gasteiger partial charge in [-0.15, -0.1) is 0 Å². The Morgan fingerprint density at radius 1 is 1.43 bits per heavy atom. The summed E-state index contributed by atoms with van der Waals surface area (Å²) in [4.78, 5) is 12.1. The summed E-state index contributed by atoms with van der Waals surface area (Å²) in [6.45, 7) is 4.25. The Hall–Kier alpha value is -0.550. The number of nitrogens with one attached hydrogen (secondary N) is 1. The van der Waals surface area contributed by atoms with E-state index in [4.69, 9.17) is 11.6 Å². The molecule has 1 unspecified atom stereocenters. The van der Waals surface area contributed by atoms with Crippen LogP contribution in [0.4, 0.5) is 5.95 Å². The van der Waals surface area contributed by atoms with Crippen molar-refractivity contribution in [3.05, 3.63) is 5.28 Å². The first-order chi connectivity index (χ1) is 6.65. The van der Waals surface area contributed by atoms with Crippen molar-refractivity contribution >= 4 is 29.3 Å². The number of hydrogen-bond acceptors (Lipinski definition) is 5. The largest absolute Gasteiger partial charge is 0.357 e. The summed E-state index contributed by atoms with van der Waals surface area (Å²) < 4.78 is 0. The van der Waals surface area contributed by atoms with Gasteiger partial charge >= 0.3 is 0 Å². The number of nitrogens with zero attached hydrogens (tertiary/aromatic N) is 3. The maximum absolute atomic E-state index is 5.74. The molecule has 1 heterocycles. The summed E-state index contributed by atoms with van der Waals surface area (Å²) in [5, 5.41) is 4.23. The van der Waals surface area contributed by atoms with Crippen LogP contribution in [0.25, 0.3) is 0 Å². The molecule has 0 amide bonds. The fourth-order valence-electron chi connectivity index (χ4n) is 0.760. The van der Waals surface area contributed by atoms with Gasteiger partial charge < -0.3 is 5.32 Å². The number of anilines is 1. The summed E-state index contributed by atoms with van der Waals surface area (Å²) in [5.74, 6) is 0.510. The Kier molecular flexibility index (Phi) is 4.41. The van der Waals surface area contributed by atoms with E-state index in [2.05, 4.69) is 34.1 Å². The molecule has 0 aromatic carbocycles. The molecule has 1 aromatic rings. The van der Waals surface area contributed by atoms with Crippen LogP contribution >= 0.6 is 23.4 Å². The molecular formula is C8H13ClN4S. The van der Waals surface area contributed by atoms with E-state index in [1.807, 2.05) is 0 Å². The number of hydrogen-bond donors (Lipinski definition) is 1. The Morgan fingerprint density at radius 3 is 2.71 bits per heavy atom. The molecule has 0 aliphatic rings. The molecule has 6 heteroatoms. The second kappa shape index (κ2) is 5.36. The molecule has 14 heavy (non-hydrogen) atoms. The minimum atomic E-state index is 0.232. The molecule has 0 radical (unpaired) electrons. The molecule has 0 saturated carbocycles. The summed E-state index contributed by atoms with van der Waals surface area (Å²) in [6.07, 6.45) is 1.07. The van der Waals surface area contributed by atoms with Crippen LogP contribution in [0, 0.1) is 0 Å². The van der Waals surface area contributed by atoms with Gasteiger partial charge in [0.15, 0.2) is 5.16 Å². The fraction of sp³-hybridized carbons (Fsp3) is 0.625. The Bertz CT molecular complexity index is 307. The third-order valence-corrected chi connectivity index (χ3v) is 2.99. The van der Waals surface area contributed by atoms with Crippen molar-refractivity contribution in [3.8, 4) is 0 Å². The van der Waals surface area contributed by atoms with Crippen LogP contribution in [0.5, 0.6) is 0 Å². The first kappa shape index (κ1) is 11.5. The van der Waals surface area contributed by atoms with Crippen molar-refractivity contribution < 1.29 is 0 Å². The van der Waals surface area contributed by atoms with Gasteiger partial charge in [0, 0.05) is 12.3 Å². The molecule has 1 aromatic heterocycles. The quantitative estimate of drug-likeness (QED) is 0.809. The molecule has 0 bridgehead atoms. The van der Waals surface area contributed by atoms with Gasteiger partial charge in [-0.25, -0.2) is 0 Å². The van der Waals surface area contributed by atoms with Gasteiger partial charge in [-0.05, 0) is 18.0 Å². The highest BCUT2D eigenvalue weighted by molar-refractivity contribution is 7.99. The number of rotatable bonds is 4. The van der Waals surface area contributed by atoms with E-state index in [0.29, 0.717) is 16.4 Å². The van der Waals surface area contributed by atoms with E-state index in [9.17, 15) is 0 Å². The number of aromatic nitrogens is 3. The minimum Gasteiger partial charge on any atom is -0.357 e. The van der Waals surface area contributed by atoms with Gasteiger partial charge in [-0.1, -0.05) is 25.6 Å². The SMILES string of the molecule is CCC(C)Sc1nc(Cl)nc(NC)n1. The molecule has 1 atom stereocenters. The van der Waals surface area contributed by atoms with Crippen molar-refractivity contribution in [3.63, 3.8) is 0 Å². The van der Waals surface area contributed by atoms with Crippen LogP contribution in [-0.2, 0) is 0 Å². The van der Waals surface area contributed by atoms with Gasteiger partial charge in [0.05, 0.1) is 0 Å². The summed E-state index contributed by atoms with van der Waals surface area (Å²) in [7, 11) is 1.75. The zero-order valence-electron chi connectivity index (χ0n) is 8.41. The Morgan fingerprint density at radius 2 is 2.14 bits per heavy atom. The lowest BCUT2D eigenvalue weighted by molar-refractivity contribution is 0.869. The molecule has 4 nitrogen and oxygen atoms in total. The van der Waals surface area contributed by atoms with Crippen molar-refractivity contribution in [1.29, 1.82) is 0 Å². The van der Waals surface area contributed by atoms with Crippen molar-refractivity contribution in [2.24, 2.45) is 0 Å². The van der Waals surface area contributed by atoms with Crippen LogP contribution in [-0.4, -0.2) is 27.2 Å². The molecule has 0 aliphatic heterocycles. The lowest BCUT2D eigenvalue weighted by atomic mass is 10.4. The first-order valence-corrected chi connectivity index (χ1v) is 5.67. The van der Waals surface area contributed by atoms with E-state index in [-0.39, 0.29) is 5.28 Å². The molecule has 0 fully saturated rings. The normalized spacial score (nSPS) is 12.6. The zero-order valence-corrected chi connectivity index (χ0v) is 9.98. The standard InChI is InChI=1S/C8H13ClN4S/c1-4-5(2)14-8-12-6(9)11-7(10-3)13-8/h5H,4H2,1-3H3,(H,10,11,12,13). The van der Waals surface area contributed by atoms with Gasteiger partial charge in [-0.3, -0.25) is 0 Å². The van der Waals surface area contributed by atoms with Crippen molar-refractivity contribution in [2.45, 2.75) is 30.7 Å². The smallest absolute Gasteiger partial charge is 0.228 e. The fourth-order valence-corrected chi connectivity index (χ4v) is 1.77. The van der Waals surface area contributed by atoms with E-state index < -0.39 is 0 Å². The van der Waals surface area contributed by atoms with Gasteiger partial charge in [0.1, 0.15) is 0 Å². The predicted molar refractivity (Wildman–Crippen MR) is 60.0 cm³/mol. The highest BCUT2D eigenvalue weighted by Gasteiger charge is 2.07. The monoisotopic (exact) mass is 232 g/mol. The lowest BCUT2D eigenvalue weighted by Crippen LogP contribution is -2.02.